The molecule has 0 aliphatic carbocycles. The van der Waals surface area contributed by atoms with E-state index in [-0.39, 0.29) is 11.0 Å². The molecule has 2 amide bonds. The van der Waals surface area contributed by atoms with Crippen molar-refractivity contribution in [2.75, 3.05) is 19.2 Å². The first-order chi connectivity index (χ1) is 12.0. The standard InChI is InChI=1S/C18H16N2O4S/c1-19(13-6-4-3-5-7-13)20-17(22)16(25-18(20)23)11-12-8-9-14(21)15(10-12)24-2/h3-11,21H,1-2H3/b16-11-. The lowest BCUT2D eigenvalue weighted by Gasteiger charge is -2.26. The van der Waals surface area contributed by atoms with Crippen LogP contribution in [0.15, 0.2) is 53.4 Å². The minimum Gasteiger partial charge on any atom is -0.504 e. The van der Waals surface area contributed by atoms with E-state index in [2.05, 4.69) is 0 Å². The maximum absolute atomic E-state index is 12.7. The number of phenolic OH excluding ortho intramolecular Hbond substituents is 1. The van der Waals surface area contributed by atoms with Gasteiger partial charge >= 0.3 is 5.24 Å². The lowest BCUT2D eigenvalue weighted by molar-refractivity contribution is -0.123. The molecule has 0 atom stereocenters. The summed E-state index contributed by atoms with van der Waals surface area (Å²) < 4.78 is 5.06. The Bertz CT molecular complexity index is 851. The summed E-state index contributed by atoms with van der Waals surface area (Å²) in [5.74, 6) is -0.0839. The number of anilines is 1. The molecule has 3 rings (SSSR count). The number of benzene rings is 2. The van der Waals surface area contributed by atoms with E-state index in [1.807, 2.05) is 30.3 Å². The van der Waals surface area contributed by atoms with Crippen LogP contribution in [-0.2, 0) is 4.79 Å². The highest BCUT2D eigenvalue weighted by atomic mass is 32.2. The summed E-state index contributed by atoms with van der Waals surface area (Å²) in [5, 5.41) is 11.9. The molecule has 7 heteroatoms. The first-order valence-corrected chi connectivity index (χ1v) is 8.26. The van der Waals surface area contributed by atoms with Gasteiger partial charge in [0.2, 0.25) is 0 Å². The molecule has 0 spiro atoms. The molecule has 1 aliphatic rings. The fourth-order valence-corrected chi connectivity index (χ4v) is 3.26. The van der Waals surface area contributed by atoms with Crippen LogP contribution in [0.1, 0.15) is 5.56 Å². The third-order valence-electron chi connectivity index (χ3n) is 3.70. The van der Waals surface area contributed by atoms with E-state index in [0.717, 1.165) is 22.5 Å². The van der Waals surface area contributed by atoms with Crippen molar-refractivity contribution in [2.45, 2.75) is 0 Å². The molecule has 6 nitrogen and oxygen atoms in total. The summed E-state index contributed by atoms with van der Waals surface area (Å²) in [6.45, 7) is 0. The van der Waals surface area contributed by atoms with Crippen molar-refractivity contribution < 1.29 is 19.4 Å². The first kappa shape index (κ1) is 16.9. The second-order valence-electron chi connectivity index (χ2n) is 5.28. The second kappa shape index (κ2) is 6.90. The summed E-state index contributed by atoms with van der Waals surface area (Å²) >= 11 is 0.871. The predicted octanol–water partition coefficient (Wildman–Crippen LogP) is 3.49. The van der Waals surface area contributed by atoms with Crippen molar-refractivity contribution in [3.05, 3.63) is 59.0 Å². The maximum atomic E-state index is 12.7. The average molecular weight is 356 g/mol. The smallest absolute Gasteiger partial charge is 0.312 e. The van der Waals surface area contributed by atoms with Gasteiger partial charge in [0.05, 0.1) is 17.7 Å². The molecule has 0 unspecified atom stereocenters. The Kier molecular flexibility index (Phi) is 4.67. The maximum Gasteiger partial charge on any atom is 0.312 e. The Morgan fingerprint density at radius 1 is 1.16 bits per heavy atom. The predicted molar refractivity (Wildman–Crippen MR) is 97.3 cm³/mol. The zero-order chi connectivity index (χ0) is 18.0. The van der Waals surface area contributed by atoms with E-state index < -0.39 is 5.91 Å². The zero-order valence-electron chi connectivity index (χ0n) is 13.7. The molecule has 0 saturated carbocycles. The lowest BCUT2D eigenvalue weighted by atomic mass is 10.2. The number of methoxy groups -OCH3 is 1. The quantitative estimate of drug-likeness (QED) is 0.846. The molecule has 0 radical (unpaired) electrons. The van der Waals surface area contributed by atoms with Gasteiger partial charge in [-0.1, -0.05) is 24.3 Å². The monoisotopic (exact) mass is 356 g/mol. The summed E-state index contributed by atoms with van der Waals surface area (Å²) in [4.78, 5) is 25.3. The molecule has 1 fully saturated rings. The molecule has 2 aromatic rings. The van der Waals surface area contributed by atoms with Crippen molar-refractivity contribution in [2.24, 2.45) is 0 Å². The largest absolute Gasteiger partial charge is 0.504 e. The van der Waals surface area contributed by atoms with Crippen LogP contribution in [0.4, 0.5) is 10.5 Å². The molecule has 25 heavy (non-hydrogen) atoms. The zero-order valence-corrected chi connectivity index (χ0v) is 14.5. The molecule has 2 aromatic carbocycles. The van der Waals surface area contributed by atoms with Crippen LogP contribution in [0.25, 0.3) is 6.08 Å². The van der Waals surface area contributed by atoms with Crippen molar-refractivity contribution in [1.29, 1.82) is 0 Å². The topological polar surface area (TPSA) is 70.1 Å². The number of hydrogen-bond acceptors (Lipinski definition) is 6. The number of carbonyl (C=O) groups is 2. The van der Waals surface area contributed by atoms with Crippen LogP contribution in [0.3, 0.4) is 0 Å². The highest BCUT2D eigenvalue weighted by Crippen LogP contribution is 2.35. The van der Waals surface area contributed by atoms with Crippen LogP contribution in [-0.4, -0.2) is 35.4 Å². The SMILES string of the molecule is COc1cc(/C=C2\SC(=O)N(N(C)c3ccccc3)C2=O)ccc1O. The van der Waals surface area contributed by atoms with Gasteiger partial charge in [-0.3, -0.25) is 14.6 Å². The number of hydrazine groups is 1. The van der Waals surface area contributed by atoms with Gasteiger partial charge < -0.3 is 9.84 Å². The van der Waals surface area contributed by atoms with Crippen molar-refractivity contribution in [3.63, 3.8) is 0 Å². The number of imide groups is 1. The number of amides is 2. The summed E-state index contributed by atoms with van der Waals surface area (Å²) in [5.41, 5.74) is 1.39. The summed E-state index contributed by atoms with van der Waals surface area (Å²) in [7, 11) is 3.11. The first-order valence-electron chi connectivity index (χ1n) is 7.45. The van der Waals surface area contributed by atoms with Gasteiger partial charge in [0.25, 0.3) is 5.91 Å². The minimum absolute atomic E-state index is 0.0107. The molecular weight excluding hydrogens is 340 g/mol. The molecule has 1 saturated heterocycles. The molecule has 0 aromatic heterocycles. The molecule has 1 N–H and O–H groups in total. The van der Waals surface area contributed by atoms with E-state index >= 15 is 0 Å². The van der Waals surface area contributed by atoms with Gasteiger partial charge in [-0.2, -0.15) is 5.01 Å². The van der Waals surface area contributed by atoms with Crippen molar-refractivity contribution in [3.8, 4) is 11.5 Å². The van der Waals surface area contributed by atoms with Crippen LogP contribution in [0.5, 0.6) is 11.5 Å². The highest BCUT2D eigenvalue weighted by Gasteiger charge is 2.38. The van der Waals surface area contributed by atoms with Crippen LogP contribution in [0, 0.1) is 0 Å². The van der Waals surface area contributed by atoms with Gasteiger partial charge in [0.15, 0.2) is 11.5 Å². The minimum atomic E-state index is -0.395. The number of thioether (sulfide) groups is 1. The average Bonchev–Trinajstić information content (AvgIpc) is 2.90. The Morgan fingerprint density at radius 3 is 2.56 bits per heavy atom. The Morgan fingerprint density at radius 2 is 1.88 bits per heavy atom. The number of ether oxygens (including phenoxy) is 1. The molecule has 0 bridgehead atoms. The Hall–Kier alpha value is -2.93. The second-order valence-corrected chi connectivity index (χ2v) is 6.28. The number of carbonyl (C=O) groups excluding carboxylic acids is 2. The molecule has 1 aliphatic heterocycles. The fraction of sp³-hybridized carbons (Fsp3) is 0.111. The van der Waals surface area contributed by atoms with Gasteiger partial charge in [-0.15, -0.1) is 0 Å². The lowest BCUT2D eigenvalue weighted by Crippen LogP contribution is -2.43. The normalized spacial score (nSPS) is 15.8. The number of phenols is 1. The van der Waals surface area contributed by atoms with E-state index in [4.69, 9.17) is 4.74 Å². The van der Waals surface area contributed by atoms with E-state index in [1.54, 1.807) is 25.3 Å². The van der Waals surface area contributed by atoms with Crippen molar-refractivity contribution >= 4 is 34.7 Å². The van der Waals surface area contributed by atoms with Gasteiger partial charge in [-0.25, -0.2) is 0 Å². The fourth-order valence-electron chi connectivity index (χ4n) is 2.41. The number of nitrogens with zero attached hydrogens (tertiary/aromatic N) is 2. The van der Waals surface area contributed by atoms with Gasteiger partial charge in [0, 0.05) is 7.05 Å². The van der Waals surface area contributed by atoms with Crippen LogP contribution < -0.4 is 9.75 Å². The van der Waals surface area contributed by atoms with E-state index in [1.165, 1.54) is 18.2 Å². The molecule has 128 valence electrons. The molecular formula is C18H16N2O4S. The Labute approximate surface area is 149 Å². The van der Waals surface area contributed by atoms with E-state index in [0.29, 0.717) is 16.2 Å². The van der Waals surface area contributed by atoms with Crippen LogP contribution in [0.2, 0.25) is 0 Å². The van der Waals surface area contributed by atoms with Crippen molar-refractivity contribution in [1.82, 2.24) is 5.01 Å². The number of aromatic hydroxyl groups is 1. The summed E-state index contributed by atoms with van der Waals surface area (Å²) in [6, 6.07) is 13.9. The third-order valence-corrected chi connectivity index (χ3v) is 4.56. The number of rotatable bonds is 4. The van der Waals surface area contributed by atoms with Gasteiger partial charge in [-0.05, 0) is 47.7 Å². The third kappa shape index (κ3) is 3.32. The number of hydrogen-bond donors (Lipinski definition) is 1. The Balaban J connectivity index is 1.88. The molecule has 1 heterocycles. The highest BCUT2D eigenvalue weighted by molar-refractivity contribution is 8.18. The summed E-state index contributed by atoms with van der Waals surface area (Å²) in [6.07, 6.45) is 1.60. The number of para-hydroxylation sites is 1. The van der Waals surface area contributed by atoms with E-state index in [9.17, 15) is 14.7 Å². The van der Waals surface area contributed by atoms with Gasteiger partial charge in [0.1, 0.15) is 0 Å². The van der Waals surface area contributed by atoms with Crippen LogP contribution >= 0.6 is 11.8 Å².